The van der Waals surface area contributed by atoms with Gasteiger partial charge in [-0.05, 0) is 44.0 Å². The van der Waals surface area contributed by atoms with Gasteiger partial charge in [-0.15, -0.1) is 13.2 Å². The van der Waals surface area contributed by atoms with E-state index < -0.39 is 18.0 Å². The van der Waals surface area contributed by atoms with Gasteiger partial charge in [0, 0.05) is 25.7 Å². The number of rotatable bonds is 6. The second-order valence-electron chi connectivity index (χ2n) is 6.64. The summed E-state index contributed by atoms with van der Waals surface area (Å²) < 4.78 is 45.3. The van der Waals surface area contributed by atoms with Crippen LogP contribution in [0.5, 0.6) is 5.75 Å². The Balaban J connectivity index is 1.86. The normalized spacial score (nSPS) is 15.0. The van der Waals surface area contributed by atoms with E-state index in [1.54, 1.807) is 11.8 Å². The molecule has 0 atom stereocenters. The van der Waals surface area contributed by atoms with Crippen molar-refractivity contribution in [2.45, 2.75) is 26.1 Å². The van der Waals surface area contributed by atoms with Gasteiger partial charge in [-0.25, -0.2) is 0 Å². The number of halogens is 3. The molecule has 0 aliphatic carbocycles. The molecule has 1 fully saturated rings. The first-order chi connectivity index (χ1) is 13.6. The molecule has 29 heavy (non-hydrogen) atoms. The van der Waals surface area contributed by atoms with Crippen molar-refractivity contribution in [2.75, 3.05) is 33.3 Å². The van der Waals surface area contributed by atoms with E-state index in [1.807, 2.05) is 0 Å². The smallest absolute Gasteiger partial charge is 0.466 e. The average Bonchev–Trinajstić information content (AvgIpc) is 2.67. The van der Waals surface area contributed by atoms with Gasteiger partial charge in [0.15, 0.2) is 0 Å². The molecule has 2 rings (SSSR count). The van der Waals surface area contributed by atoms with Crippen molar-refractivity contribution in [3.63, 3.8) is 0 Å². The van der Waals surface area contributed by atoms with Gasteiger partial charge in [-0.3, -0.25) is 14.4 Å². The van der Waals surface area contributed by atoms with E-state index in [2.05, 4.69) is 4.74 Å². The number of piperidine rings is 1. The molecular formula is C19H23F3N2O5. The summed E-state index contributed by atoms with van der Waals surface area (Å²) in [5.74, 6) is -1.68. The minimum Gasteiger partial charge on any atom is -0.466 e. The zero-order chi connectivity index (χ0) is 21.6. The highest BCUT2D eigenvalue weighted by Gasteiger charge is 2.31. The third kappa shape index (κ3) is 6.65. The number of benzene rings is 1. The SMILES string of the molecule is CCOC(=O)C1CCN(C(=O)CN(C)C(=O)c2ccc(OC(F)(F)F)cc2)CC1. The van der Waals surface area contributed by atoms with Crippen LogP contribution in [0.15, 0.2) is 24.3 Å². The molecule has 1 saturated heterocycles. The maximum absolute atomic E-state index is 12.4. The van der Waals surface area contributed by atoms with Gasteiger partial charge in [0.2, 0.25) is 5.91 Å². The summed E-state index contributed by atoms with van der Waals surface area (Å²) in [4.78, 5) is 39.4. The highest BCUT2D eigenvalue weighted by molar-refractivity contribution is 5.96. The fourth-order valence-electron chi connectivity index (χ4n) is 3.02. The number of carbonyl (C=O) groups is 3. The third-order valence-corrected chi connectivity index (χ3v) is 4.52. The number of ether oxygens (including phenoxy) is 2. The van der Waals surface area contributed by atoms with Crippen LogP contribution in [0.2, 0.25) is 0 Å². The molecule has 160 valence electrons. The lowest BCUT2D eigenvalue weighted by molar-refractivity contribution is -0.274. The van der Waals surface area contributed by atoms with Crippen LogP contribution < -0.4 is 4.74 Å². The van der Waals surface area contributed by atoms with Gasteiger partial charge in [0.05, 0.1) is 19.1 Å². The Kier molecular flexibility index (Phi) is 7.46. The zero-order valence-electron chi connectivity index (χ0n) is 16.2. The van der Waals surface area contributed by atoms with Crippen molar-refractivity contribution in [1.82, 2.24) is 9.80 Å². The van der Waals surface area contributed by atoms with E-state index in [0.717, 1.165) is 12.1 Å². The topological polar surface area (TPSA) is 76.2 Å². The molecule has 1 aromatic rings. The number of hydrogen-bond acceptors (Lipinski definition) is 5. The number of amides is 2. The first kappa shape index (κ1) is 22.5. The summed E-state index contributed by atoms with van der Waals surface area (Å²) in [5, 5.41) is 0. The Hall–Kier alpha value is -2.78. The van der Waals surface area contributed by atoms with Crippen LogP contribution in [-0.2, 0) is 14.3 Å². The summed E-state index contributed by atoms with van der Waals surface area (Å²) in [6.07, 6.45) is -3.80. The maximum Gasteiger partial charge on any atom is 0.573 e. The molecule has 0 N–H and O–H groups in total. The predicted octanol–water partition coefficient (Wildman–Crippen LogP) is 2.46. The Bertz CT molecular complexity index is 728. The van der Waals surface area contributed by atoms with E-state index >= 15 is 0 Å². The predicted molar refractivity (Wildman–Crippen MR) is 96.0 cm³/mol. The van der Waals surface area contributed by atoms with E-state index in [9.17, 15) is 27.6 Å². The van der Waals surface area contributed by atoms with Gasteiger partial charge in [0.1, 0.15) is 5.75 Å². The Morgan fingerprint density at radius 3 is 2.24 bits per heavy atom. The van der Waals surface area contributed by atoms with Crippen LogP contribution in [0.3, 0.4) is 0 Å². The molecule has 0 radical (unpaired) electrons. The lowest BCUT2D eigenvalue weighted by atomic mass is 9.97. The summed E-state index contributed by atoms with van der Waals surface area (Å²) in [7, 11) is 1.44. The zero-order valence-corrected chi connectivity index (χ0v) is 16.2. The molecule has 10 heteroatoms. The molecule has 1 aliphatic heterocycles. The van der Waals surface area contributed by atoms with Gasteiger partial charge < -0.3 is 19.3 Å². The van der Waals surface area contributed by atoms with Gasteiger partial charge in [0.25, 0.3) is 5.91 Å². The Morgan fingerprint density at radius 1 is 1.14 bits per heavy atom. The minimum atomic E-state index is -4.81. The number of carbonyl (C=O) groups excluding carboxylic acids is 3. The molecule has 1 heterocycles. The highest BCUT2D eigenvalue weighted by atomic mass is 19.4. The van der Waals surface area contributed by atoms with Crippen LogP contribution in [0.1, 0.15) is 30.1 Å². The van der Waals surface area contributed by atoms with Crippen LogP contribution in [-0.4, -0.2) is 67.2 Å². The van der Waals surface area contributed by atoms with Crippen LogP contribution in [0.4, 0.5) is 13.2 Å². The summed E-state index contributed by atoms with van der Waals surface area (Å²) in [6, 6.07) is 4.48. The first-order valence-corrected chi connectivity index (χ1v) is 9.16. The number of likely N-dealkylation sites (tertiary alicyclic amines) is 1. The van der Waals surface area contributed by atoms with Crippen molar-refractivity contribution in [2.24, 2.45) is 5.92 Å². The van der Waals surface area contributed by atoms with Gasteiger partial charge >= 0.3 is 12.3 Å². The van der Waals surface area contributed by atoms with Crippen molar-refractivity contribution in [3.8, 4) is 5.75 Å². The molecular weight excluding hydrogens is 393 g/mol. The first-order valence-electron chi connectivity index (χ1n) is 9.16. The van der Waals surface area contributed by atoms with Crippen LogP contribution >= 0.6 is 0 Å². The lowest BCUT2D eigenvalue weighted by Gasteiger charge is -2.32. The monoisotopic (exact) mass is 416 g/mol. The molecule has 1 aromatic carbocycles. The summed E-state index contributed by atoms with van der Waals surface area (Å²) >= 11 is 0. The molecule has 0 bridgehead atoms. The van der Waals surface area contributed by atoms with E-state index in [-0.39, 0.29) is 29.9 Å². The Morgan fingerprint density at radius 2 is 1.72 bits per heavy atom. The second-order valence-corrected chi connectivity index (χ2v) is 6.64. The van der Waals surface area contributed by atoms with Crippen LogP contribution in [0.25, 0.3) is 0 Å². The second kappa shape index (κ2) is 9.62. The largest absolute Gasteiger partial charge is 0.573 e. The maximum atomic E-state index is 12.4. The molecule has 7 nitrogen and oxygen atoms in total. The highest BCUT2D eigenvalue weighted by Crippen LogP contribution is 2.23. The quantitative estimate of drug-likeness (QED) is 0.666. The number of nitrogens with zero attached hydrogens (tertiary/aromatic N) is 2. The fraction of sp³-hybridized carbons (Fsp3) is 0.526. The Labute approximate surface area is 166 Å². The van der Waals surface area contributed by atoms with Crippen molar-refractivity contribution in [3.05, 3.63) is 29.8 Å². The van der Waals surface area contributed by atoms with Gasteiger partial charge in [-0.2, -0.15) is 0 Å². The standard InChI is InChI=1S/C19H23F3N2O5/c1-3-28-18(27)14-8-10-24(11-9-14)16(25)12-23(2)17(26)13-4-6-15(7-5-13)29-19(20,21)22/h4-7,14H,3,8-12H2,1-2H3. The number of hydrogen-bond donors (Lipinski definition) is 0. The minimum absolute atomic E-state index is 0.135. The molecule has 0 spiro atoms. The van der Waals surface area contributed by atoms with E-state index in [0.29, 0.717) is 32.5 Å². The summed E-state index contributed by atoms with van der Waals surface area (Å²) in [6.45, 7) is 2.67. The van der Waals surface area contributed by atoms with E-state index in [1.165, 1.54) is 24.1 Å². The van der Waals surface area contributed by atoms with Crippen molar-refractivity contribution >= 4 is 17.8 Å². The molecule has 0 saturated carbocycles. The molecule has 0 aromatic heterocycles. The average molecular weight is 416 g/mol. The lowest BCUT2D eigenvalue weighted by Crippen LogP contribution is -2.45. The van der Waals surface area contributed by atoms with Crippen LogP contribution in [0, 0.1) is 5.92 Å². The fourth-order valence-corrected chi connectivity index (χ4v) is 3.02. The third-order valence-electron chi connectivity index (χ3n) is 4.52. The summed E-state index contributed by atoms with van der Waals surface area (Å²) in [5.41, 5.74) is 0.135. The number of esters is 1. The van der Waals surface area contributed by atoms with Crippen molar-refractivity contribution < 1.29 is 37.0 Å². The molecule has 2 amide bonds. The number of likely N-dealkylation sites (N-methyl/N-ethyl adjacent to an activating group) is 1. The van der Waals surface area contributed by atoms with Crippen molar-refractivity contribution in [1.29, 1.82) is 0 Å². The number of alkyl halides is 3. The molecule has 0 unspecified atom stereocenters. The molecule has 1 aliphatic rings. The van der Waals surface area contributed by atoms with Gasteiger partial charge in [-0.1, -0.05) is 0 Å². The van der Waals surface area contributed by atoms with E-state index in [4.69, 9.17) is 4.74 Å².